The normalized spacial score (nSPS) is 19.2. The molecule has 2 amide bonds. The van der Waals surface area contributed by atoms with Gasteiger partial charge in [-0.1, -0.05) is 6.92 Å². The van der Waals surface area contributed by atoms with E-state index in [1.807, 2.05) is 29.7 Å². The number of aromatic nitrogens is 3. The first-order chi connectivity index (χ1) is 11.7. The summed E-state index contributed by atoms with van der Waals surface area (Å²) in [5.41, 5.74) is 0. The van der Waals surface area contributed by atoms with Crippen molar-refractivity contribution < 1.29 is 4.79 Å². The summed E-state index contributed by atoms with van der Waals surface area (Å²) in [7, 11) is 2.02. The molecule has 2 aromatic rings. The molecule has 24 heavy (non-hydrogen) atoms. The number of likely N-dealkylation sites (tertiary alicyclic amines) is 1. The molecule has 130 valence electrons. The lowest BCUT2D eigenvalue weighted by molar-refractivity contribution is 0.161. The van der Waals surface area contributed by atoms with Crippen LogP contribution in [0.25, 0.3) is 0 Å². The predicted molar refractivity (Wildman–Crippen MR) is 94.9 cm³/mol. The summed E-state index contributed by atoms with van der Waals surface area (Å²) >= 11 is 1.59. The lowest BCUT2D eigenvalue weighted by Crippen LogP contribution is -2.46. The number of hydrogen-bond acceptors (Lipinski definition) is 4. The number of rotatable bonds is 5. The van der Waals surface area contributed by atoms with Crippen molar-refractivity contribution >= 4 is 17.4 Å². The van der Waals surface area contributed by atoms with Crippen molar-refractivity contribution in [3.63, 3.8) is 0 Å². The molecular formula is C17H25N5OS. The topological polar surface area (TPSA) is 63.1 Å². The van der Waals surface area contributed by atoms with Gasteiger partial charge in [0, 0.05) is 50.5 Å². The van der Waals surface area contributed by atoms with Gasteiger partial charge >= 0.3 is 6.03 Å². The van der Waals surface area contributed by atoms with Crippen molar-refractivity contribution in [2.45, 2.75) is 38.6 Å². The summed E-state index contributed by atoms with van der Waals surface area (Å²) < 4.78 is 2.06. The second-order valence-electron chi connectivity index (χ2n) is 6.39. The first kappa shape index (κ1) is 17.0. The van der Waals surface area contributed by atoms with E-state index >= 15 is 0 Å². The van der Waals surface area contributed by atoms with Crippen LogP contribution in [0.1, 0.15) is 43.1 Å². The van der Waals surface area contributed by atoms with Crippen LogP contribution in [0.3, 0.4) is 0 Å². The monoisotopic (exact) mass is 347 g/mol. The average Bonchev–Trinajstić information content (AvgIpc) is 3.25. The minimum atomic E-state index is 0.00687. The smallest absolute Gasteiger partial charge is 0.317 e. The Morgan fingerprint density at radius 2 is 2.33 bits per heavy atom. The molecule has 0 saturated carbocycles. The second kappa shape index (κ2) is 7.79. The van der Waals surface area contributed by atoms with E-state index in [1.165, 1.54) is 0 Å². The van der Waals surface area contributed by atoms with Gasteiger partial charge in [0.15, 0.2) is 0 Å². The van der Waals surface area contributed by atoms with E-state index in [0.29, 0.717) is 5.92 Å². The van der Waals surface area contributed by atoms with Crippen LogP contribution < -0.4 is 5.32 Å². The van der Waals surface area contributed by atoms with Crippen LogP contribution >= 0.6 is 11.3 Å². The van der Waals surface area contributed by atoms with Crippen LogP contribution in [0.4, 0.5) is 4.79 Å². The molecule has 0 aliphatic carbocycles. The van der Waals surface area contributed by atoms with E-state index in [-0.39, 0.29) is 12.1 Å². The Balaban J connectivity index is 1.57. The summed E-state index contributed by atoms with van der Waals surface area (Å²) in [5, 5.41) is 6.08. The molecule has 1 fully saturated rings. The van der Waals surface area contributed by atoms with E-state index in [1.54, 1.807) is 17.5 Å². The maximum atomic E-state index is 12.6. The first-order valence-corrected chi connectivity index (χ1v) is 9.46. The molecule has 1 aliphatic heterocycles. The fourth-order valence-electron chi connectivity index (χ4n) is 3.25. The first-order valence-electron chi connectivity index (χ1n) is 8.58. The predicted octanol–water partition coefficient (Wildman–Crippen LogP) is 2.99. The van der Waals surface area contributed by atoms with Gasteiger partial charge in [0.25, 0.3) is 0 Å². The number of hydrogen-bond donors (Lipinski definition) is 1. The van der Waals surface area contributed by atoms with Crippen LogP contribution in [-0.2, 0) is 13.5 Å². The Kier molecular flexibility index (Phi) is 5.50. The Hall–Kier alpha value is -1.89. The number of urea groups is 1. The van der Waals surface area contributed by atoms with E-state index in [0.717, 1.165) is 49.6 Å². The van der Waals surface area contributed by atoms with Gasteiger partial charge in [-0.2, -0.15) is 0 Å². The molecule has 1 N–H and O–H groups in total. The van der Waals surface area contributed by atoms with Crippen LogP contribution in [0.15, 0.2) is 24.0 Å². The minimum Gasteiger partial charge on any atom is -0.338 e. The Bertz CT molecular complexity index is 654. The number of aryl methyl sites for hydroxylation is 1. The van der Waals surface area contributed by atoms with Gasteiger partial charge in [-0.25, -0.2) is 14.8 Å². The number of carbonyl (C=O) groups is 1. The molecule has 0 unspecified atom stereocenters. The molecule has 3 heterocycles. The molecule has 0 aromatic carbocycles. The van der Waals surface area contributed by atoms with Gasteiger partial charge in [-0.15, -0.1) is 11.3 Å². The van der Waals surface area contributed by atoms with Crippen LogP contribution in [-0.4, -0.2) is 38.6 Å². The van der Waals surface area contributed by atoms with Gasteiger partial charge in [-0.05, 0) is 25.2 Å². The summed E-state index contributed by atoms with van der Waals surface area (Å²) in [6.45, 7) is 3.70. The van der Waals surface area contributed by atoms with Crippen molar-refractivity contribution in [1.29, 1.82) is 0 Å². The summed E-state index contributed by atoms with van der Waals surface area (Å²) in [6, 6.07) is 0.0361. The van der Waals surface area contributed by atoms with Crippen molar-refractivity contribution in [2.75, 3.05) is 13.1 Å². The van der Waals surface area contributed by atoms with E-state index in [9.17, 15) is 4.79 Å². The molecule has 2 aromatic heterocycles. The molecule has 3 rings (SSSR count). The zero-order chi connectivity index (χ0) is 16.9. The number of amides is 2. The SMILES string of the molecule is CC[C@@H](NC(=O)N1CCC[C@H](Cc2nccn2C)C1)c1nccs1. The highest BCUT2D eigenvalue weighted by molar-refractivity contribution is 7.09. The number of nitrogens with zero attached hydrogens (tertiary/aromatic N) is 4. The number of thiazole rings is 1. The summed E-state index contributed by atoms with van der Waals surface area (Å²) in [5.74, 6) is 1.57. The number of imidazole rings is 1. The fourth-order valence-corrected chi connectivity index (χ4v) is 4.03. The van der Waals surface area contributed by atoms with Gasteiger partial charge in [-0.3, -0.25) is 0 Å². The maximum Gasteiger partial charge on any atom is 0.317 e. The average molecular weight is 347 g/mol. The highest BCUT2D eigenvalue weighted by Crippen LogP contribution is 2.22. The van der Waals surface area contributed by atoms with Gasteiger partial charge in [0.2, 0.25) is 0 Å². The number of piperidine rings is 1. The molecular weight excluding hydrogens is 322 g/mol. The lowest BCUT2D eigenvalue weighted by Gasteiger charge is -2.33. The molecule has 6 nitrogen and oxygen atoms in total. The third-order valence-electron chi connectivity index (χ3n) is 4.65. The van der Waals surface area contributed by atoms with E-state index in [4.69, 9.17) is 0 Å². The third-order valence-corrected chi connectivity index (χ3v) is 5.54. The van der Waals surface area contributed by atoms with Crippen molar-refractivity contribution in [3.05, 3.63) is 34.8 Å². The Morgan fingerprint density at radius 1 is 1.46 bits per heavy atom. The molecule has 0 spiro atoms. The highest BCUT2D eigenvalue weighted by Gasteiger charge is 2.26. The zero-order valence-corrected chi connectivity index (χ0v) is 15.1. The van der Waals surface area contributed by atoms with Gasteiger partial charge < -0.3 is 14.8 Å². The molecule has 1 aliphatic rings. The van der Waals surface area contributed by atoms with E-state index in [2.05, 4.69) is 26.8 Å². The summed E-state index contributed by atoms with van der Waals surface area (Å²) in [4.78, 5) is 23.3. The molecule has 2 atom stereocenters. The highest BCUT2D eigenvalue weighted by atomic mass is 32.1. The molecule has 7 heteroatoms. The zero-order valence-electron chi connectivity index (χ0n) is 14.3. The second-order valence-corrected chi connectivity index (χ2v) is 7.32. The Morgan fingerprint density at radius 3 is 3.00 bits per heavy atom. The summed E-state index contributed by atoms with van der Waals surface area (Å²) in [6.07, 6.45) is 9.58. The van der Waals surface area contributed by atoms with Gasteiger partial charge in [0.05, 0.1) is 6.04 Å². The number of carbonyl (C=O) groups excluding carboxylic acids is 1. The van der Waals surface area contributed by atoms with Gasteiger partial charge in [0.1, 0.15) is 10.8 Å². The number of nitrogens with one attached hydrogen (secondary N) is 1. The minimum absolute atomic E-state index is 0.00687. The maximum absolute atomic E-state index is 12.6. The van der Waals surface area contributed by atoms with E-state index < -0.39 is 0 Å². The van der Waals surface area contributed by atoms with Crippen molar-refractivity contribution in [2.24, 2.45) is 13.0 Å². The van der Waals surface area contributed by atoms with Crippen LogP contribution in [0.2, 0.25) is 0 Å². The van der Waals surface area contributed by atoms with Crippen molar-refractivity contribution in [3.8, 4) is 0 Å². The lowest BCUT2D eigenvalue weighted by atomic mass is 9.94. The standard InChI is InChI=1S/C17H25N5OS/c1-3-14(16-19-7-10-24-16)20-17(23)22-8-4-5-13(12-22)11-15-18-6-9-21(15)2/h6-7,9-10,13-14H,3-5,8,11-12H2,1-2H3,(H,20,23)/t13-,14-/m1/s1. The fraction of sp³-hybridized carbons (Fsp3) is 0.588. The molecule has 1 saturated heterocycles. The largest absolute Gasteiger partial charge is 0.338 e. The van der Waals surface area contributed by atoms with Crippen LogP contribution in [0, 0.1) is 5.92 Å². The molecule has 0 bridgehead atoms. The van der Waals surface area contributed by atoms with Crippen molar-refractivity contribution in [1.82, 2.24) is 24.8 Å². The Labute approximate surface area is 146 Å². The van der Waals surface area contributed by atoms with Crippen LogP contribution in [0.5, 0.6) is 0 Å². The quantitative estimate of drug-likeness (QED) is 0.904. The third kappa shape index (κ3) is 3.95. The molecule has 0 radical (unpaired) electrons.